The van der Waals surface area contributed by atoms with Crippen LogP contribution < -0.4 is 0 Å². The molecule has 0 aliphatic rings. The van der Waals surface area contributed by atoms with Crippen LogP contribution in [0.1, 0.15) is 81.2 Å². The standard InChI is InChI=1S/C31H37N3O/c1-20(2)27-18-13-19-28(21(3)4)30(27)32-24(7)25(8)34-35-31(26-16-10-9-11-17-26)33-29-22(5)14-12-15-23(29)6/h9-21H,1-8H3/b32-24?,33-31?,34-25+. The first kappa shape index (κ1) is 26.1. The number of benzene rings is 3. The van der Waals surface area contributed by atoms with Crippen LogP contribution in [0.15, 0.2) is 81.9 Å². The number of aliphatic imine (C=N–C) groups is 2. The fraction of sp³-hybridized carbons (Fsp3) is 0.323. The second kappa shape index (κ2) is 11.7. The normalized spacial score (nSPS) is 13.0. The third-order valence-electron chi connectivity index (χ3n) is 6.09. The Morgan fingerprint density at radius 1 is 0.629 bits per heavy atom. The number of para-hydroxylation sites is 2. The number of rotatable bonds is 7. The molecule has 0 aliphatic heterocycles. The summed E-state index contributed by atoms with van der Waals surface area (Å²) >= 11 is 0. The Labute approximate surface area is 210 Å². The van der Waals surface area contributed by atoms with Crippen molar-refractivity contribution in [2.45, 2.75) is 67.2 Å². The second-order valence-corrected chi connectivity index (χ2v) is 9.58. The van der Waals surface area contributed by atoms with Crippen LogP contribution in [-0.4, -0.2) is 17.3 Å². The first-order valence-corrected chi connectivity index (χ1v) is 12.3. The van der Waals surface area contributed by atoms with Crippen molar-refractivity contribution in [1.29, 1.82) is 0 Å². The summed E-state index contributed by atoms with van der Waals surface area (Å²) in [5.41, 5.74) is 9.00. The third-order valence-corrected chi connectivity index (χ3v) is 6.09. The van der Waals surface area contributed by atoms with Crippen molar-refractivity contribution in [1.82, 2.24) is 0 Å². The van der Waals surface area contributed by atoms with Gasteiger partial charge in [-0.2, -0.15) is 0 Å². The van der Waals surface area contributed by atoms with Gasteiger partial charge in [-0.15, -0.1) is 0 Å². The number of hydrogen-bond acceptors (Lipinski definition) is 4. The molecule has 3 aromatic rings. The Kier molecular flexibility index (Phi) is 8.75. The minimum Gasteiger partial charge on any atom is -0.336 e. The molecule has 0 amide bonds. The van der Waals surface area contributed by atoms with Gasteiger partial charge < -0.3 is 4.84 Å². The predicted octanol–water partition coefficient (Wildman–Crippen LogP) is 8.81. The maximum Gasteiger partial charge on any atom is 0.256 e. The highest BCUT2D eigenvalue weighted by atomic mass is 16.6. The number of aryl methyl sites for hydroxylation is 2. The Balaban J connectivity index is 2.01. The van der Waals surface area contributed by atoms with E-state index in [4.69, 9.17) is 14.8 Å². The highest BCUT2D eigenvalue weighted by molar-refractivity contribution is 6.41. The predicted molar refractivity (Wildman–Crippen MR) is 150 cm³/mol. The molecule has 0 N–H and O–H groups in total. The molecule has 0 aromatic heterocycles. The molecule has 0 heterocycles. The summed E-state index contributed by atoms with van der Waals surface area (Å²) in [4.78, 5) is 15.9. The lowest BCUT2D eigenvalue weighted by atomic mass is 9.93. The summed E-state index contributed by atoms with van der Waals surface area (Å²) in [6.07, 6.45) is 0. The summed E-state index contributed by atoms with van der Waals surface area (Å²) in [5, 5.41) is 4.46. The van der Waals surface area contributed by atoms with E-state index in [-0.39, 0.29) is 0 Å². The monoisotopic (exact) mass is 467 g/mol. The fourth-order valence-electron chi connectivity index (χ4n) is 3.87. The van der Waals surface area contributed by atoms with Gasteiger partial charge in [0.05, 0.1) is 22.8 Å². The van der Waals surface area contributed by atoms with Gasteiger partial charge in [0.25, 0.3) is 5.90 Å². The van der Waals surface area contributed by atoms with E-state index in [2.05, 4.69) is 77.0 Å². The summed E-state index contributed by atoms with van der Waals surface area (Å²) in [6, 6.07) is 22.5. The zero-order valence-electron chi connectivity index (χ0n) is 22.3. The average molecular weight is 468 g/mol. The minimum absolute atomic E-state index is 0.378. The van der Waals surface area contributed by atoms with Crippen molar-refractivity contribution >= 4 is 28.7 Å². The summed E-state index contributed by atoms with van der Waals surface area (Å²) in [6.45, 7) is 16.8. The molecule has 4 heteroatoms. The largest absolute Gasteiger partial charge is 0.336 e. The lowest BCUT2D eigenvalue weighted by molar-refractivity contribution is 0.330. The first-order valence-electron chi connectivity index (χ1n) is 12.3. The summed E-state index contributed by atoms with van der Waals surface area (Å²) in [7, 11) is 0. The molecule has 0 aliphatic carbocycles. The van der Waals surface area contributed by atoms with Crippen LogP contribution in [-0.2, 0) is 4.84 Å². The molecule has 3 aromatic carbocycles. The van der Waals surface area contributed by atoms with Crippen LogP contribution in [0, 0.1) is 13.8 Å². The van der Waals surface area contributed by atoms with E-state index in [0.717, 1.165) is 33.8 Å². The zero-order chi connectivity index (χ0) is 25.5. The quantitative estimate of drug-likeness (QED) is 0.194. The minimum atomic E-state index is 0.378. The van der Waals surface area contributed by atoms with Gasteiger partial charge in [-0.05, 0) is 73.9 Å². The topological polar surface area (TPSA) is 46.3 Å². The second-order valence-electron chi connectivity index (χ2n) is 9.58. The Hall–Kier alpha value is -3.53. The molecule has 0 spiro atoms. The Morgan fingerprint density at radius 3 is 1.71 bits per heavy atom. The van der Waals surface area contributed by atoms with Crippen LogP contribution in [0.5, 0.6) is 0 Å². The Bertz CT molecular complexity index is 1200. The average Bonchev–Trinajstić information content (AvgIpc) is 2.83. The molecule has 182 valence electrons. The van der Waals surface area contributed by atoms with Crippen LogP contribution in [0.4, 0.5) is 11.4 Å². The van der Waals surface area contributed by atoms with Crippen molar-refractivity contribution in [3.05, 3.63) is 94.5 Å². The van der Waals surface area contributed by atoms with Crippen LogP contribution >= 0.6 is 0 Å². The van der Waals surface area contributed by atoms with E-state index < -0.39 is 0 Å². The van der Waals surface area contributed by atoms with Crippen molar-refractivity contribution in [2.75, 3.05) is 0 Å². The molecule has 0 radical (unpaired) electrons. The highest BCUT2D eigenvalue weighted by Gasteiger charge is 2.14. The summed E-state index contributed by atoms with van der Waals surface area (Å²) < 4.78 is 0. The number of hydrogen-bond donors (Lipinski definition) is 0. The highest BCUT2D eigenvalue weighted by Crippen LogP contribution is 2.35. The van der Waals surface area contributed by atoms with Crippen LogP contribution in [0.3, 0.4) is 0 Å². The Morgan fingerprint density at radius 2 is 1.17 bits per heavy atom. The van der Waals surface area contributed by atoms with Crippen LogP contribution in [0.25, 0.3) is 0 Å². The lowest BCUT2D eigenvalue weighted by Crippen LogP contribution is -2.10. The molecule has 3 rings (SSSR count). The van der Waals surface area contributed by atoms with Crippen molar-refractivity contribution in [3.63, 3.8) is 0 Å². The molecular formula is C31H37N3O. The third kappa shape index (κ3) is 6.54. The lowest BCUT2D eigenvalue weighted by Gasteiger charge is -2.17. The molecule has 0 saturated heterocycles. The van der Waals surface area contributed by atoms with E-state index in [0.29, 0.717) is 23.4 Å². The van der Waals surface area contributed by atoms with Crippen molar-refractivity contribution in [3.8, 4) is 0 Å². The maximum absolute atomic E-state index is 5.98. The number of oxime groups is 1. The molecule has 0 bridgehead atoms. The van der Waals surface area contributed by atoms with Gasteiger partial charge in [-0.25, -0.2) is 4.99 Å². The molecule has 4 nitrogen and oxygen atoms in total. The molecule has 35 heavy (non-hydrogen) atoms. The van der Waals surface area contributed by atoms with Gasteiger partial charge >= 0.3 is 0 Å². The van der Waals surface area contributed by atoms with E-state index in [1.165, 1.54) is 11.1 Å². The van der Waals surface area contributed by atoms with E-state index in [1.807, 2.05) is 50.2 Å². The first-order chi connectivity index (χ1) is 16.7. The van der Waals surface area contributed by atoms with Gasteiger partial charge in [-0.1, -0.05) is 87.4 Å². The zero-order valence-corrected chi connectivity index (χ0v) is 22.3. The number of nitrogens with zero attached hydrogens (tertiary/aromatic N) is 3. The molecule has 0 fully saturated rings. The fourth-order valence-corrected chi connectivity index (χ4v) is 3.87. The summed E-state index contributed by atoms with van der Waals surface area (Å²) in [5.74, 6) is 1.21. The van der Waals surface area contributed by atoms with Crippen molar-refractivity contribution < 1.29 is 4.84 Å². The smallest absolute Gasteiger partial charge is 0.256 e. The van der Waals surface area contributed by atoms with Gasteiger partial charge in [0.2, 0.25) is 0 Å². The maximum atomic E-state index is 5.98. The van der Waals surface area contributed by atoms with Gasteiger partial charge in [0.15, 0.2) is 0 Å². The van der Waals surface area contributed by atoms with E-state index in [9.17, 15) is 0 Å². The molecule has 0 saturated carbocycles. The van der Waals surface area contributed by atoms with E-state index in [1.54, 1.807) is 0 Å². The van der Waals surface area contributed by atoms with Gasteiger partial charge in [0.1, 0.15) is 0 Å². The molecule has 0 atom stereocenters. The SMILES string of the molecule is CC(=Nc1c(C(C)C)cccc1C(C)C)/C(C)=N/OC(=Nc1c(C)cccc1C)c1ccccc1. The van der Waals surface area contributed by atoms with Crippen molar-refractivity contribution in [2.24, 2.45) is 15.1 Å². The molecular weight excluding hydrogens is 430 g/mol. The van der Waals surface area contributed by atoms with E-state index >= 15 is 0 Å². The van der Waals surface area contributed by atoms with Gasteiger partial charge in [-0.3, -0.25) is 4.99 Å². The molecule has 0 unspecified atom stereocenters. The van der Waals surface area contributed by atoms with Gasteiger partial charge in [0, 0.05) is 5.56 Å². The van der Waals surface area contributed by atoms with Crippen LogP contribution in [0.2, 0.25) is 0 Å².